The summed E-state index contributed by atoms with van der Waals surface area (Å²) in [6.07, 6.45) is 5.11. The maximum Gasteiger partial charge on any atom is 0.244 e. The van der Waals surface area contributed by atoms with Gasteiger partial charge in [-0.2, -0.15) is 0 Å². The Morgan fingerprint density at radius 2 is 1.64 bits per heavy atom. The number of hydrogen-bond acceptors (Lipinski definition) is 6. The highest BCUT2D eigenvalue weighted by molar-refractivity contribution is 7.92. The van der Waals surface area contributed by atoms with E-state index in [1.165, 1.54) is 30.0 Å². The number of nitrogens with zero attached hydrogens (tertiary/aromatic N) is 2. The van der Waals surface area contributed by atoms with E-state index in [1.54, 1.807) is 24.3 Å². The van der Waals surface area contributed by atoms with Gasteiger partial charge in [-0.15, -0.1) is 0 Å². The van der Waals surface area contributed by atoms with Gasteiger partial charge in [0.1, 0.15) is 18.4 Å². The highest BCUT2D eigenvalue weighted by Crippen LogP contribution is 2.36. The third-order valence-electron chi connectivity index (χ3n) is 8.11. The summed E-state index contributed by atoms with van der Waals surface area (Å²) in [5.41, 5.74) is 1.70. The minimum absolute atomic E-state index is 0.00268. The van der Waals surface area contributed by atoms with Crippen LogP contribution in [0.1, 0.15) is 50.2 Å². The molecule has 0 aromatic heterocycles. The highest BCUT2D eigenvalue weighted by atomic mass is 32.2. The lowest BCUT2D eigenvalue weighted by Crippen LogP contribution is -2.55. The lowest BCUT2D eigenvalue weighted by atomic mass is 9.94. The molecule has 1 aliphatic heterocycles. The molecule has 0 unspecified atom stereocenters. The predicted molar refractivity (Wildman–Crippen MR) is 165 cm³/mol. The van der Waals surface area contributed by atoms with Crippen molar-refractivity contribution in [2.75, 3.05) is 23.4 Å². The third kappa shape index (κ3) is 7.68. The largest absolute Gasteiger partial charge is 0.454 e. The Kier molecular flexibility index (Phi) is 10.0. The van der Waals surface area contributed by atoms with Crippen molar-refractivity contribution in [2.45, 2.75) is 64.1 Å². The Labute approximate surface area is 258 Å². The molecule has 1 saturated carbocycles. The van der Waals surface area contributed by atoms with Crippen LogP contribution in [0.5, 0.6) is 11.5 Å². The van der Waals surface area contributed by atoms with Crippen LogP contribution in [0.25, 0.3) is 0 Å². The maximum absolute atomic E-state index is 14.3. The van der Waals surface area contributed by atoms with E-state index in [2.05, 4.69) is 5.32 Å². The maximum atomic E-state index is 14.3. The fourth-order valence-corrected chi connectivity index (χ4v) is 6.70. The van der Waals surface area contributed by atoms with Crippen molar-refractivity contribution < 1.29 is 31.9 Å². The number of rotatable bonds is 12. The molecule has 3 aromatic rings. The normalized spacial score (nSPS) is 15.4. The SMILES string of the molecule is CCS(=O)(=O)N(CC(=O)N(Cc1ccc(F)cc1)[C@H](Cc1ccccc1)C(=O)NC1CCCCC1)c1ccc2c(c1)OCO2. The van der Waals surface area contributed by atoms with Gasteiger partial charge in [-0.1, -0.05) is 61.7 Å². The second-order valence-electron chi connectivity index (χ2n) is 11.1. The summed E-state index contributed by atoms with van der Waals surface area (Å²) in [4.78, 5) is 29.8. The average Bonchev–Trinajstić information content (AvgIpc) is 3.51. The fourth-order valence-electron chi connectivity index (χ4n) is 5.64. The number of sulfonamides is 1. The molecule has 1 heterocycles. The molecule has 9 nitrogen and oxygen atoms in total. The molecule has 11 heteroatoms. The highest BCUT2D eigenvalue weighted by Gasteiger charge is 2.35. The van der Waals surface area contributed by atoms with Gasteiger partial charge in [0.2, 0.25) is 28.6 Å². The predicted octanol–water partition coefficient (Wildman–Crippen LogP) is 4.80. The van der Waals surface area contributed by atoms with Gasteiger partial charge in [0.05, 0.1) is 11.4 Å². The summed E-state index contributed by atoms with van der Waals surface area (Å²) in [7, 11) is -3.93. The summed E-state index contributed by atoms with van der Waals surface area (Å²) in [5.74, 6) is -0.682. The van der Waals surface area contributed by atoms with Crippen LogP contribution in [0, 0.1) is 5.82 Å². The first-order valence-corrected chi connectivity index (χ1v) is 16.6. The molecule has 234 valence electrons. The van der Waals surface area contributed by atoms with Crippen molar-refractivity contribution in [3.8, 4) is 11.5 Å². The van der Waals surface area contributed by atoms with Gasteiger partial charge in [-0.3, -0.25) is 13.9 Å². The Morgan fingerprint density at radius 3 is 2.34 bits per heavy atom. The lowest BCUT2D eigenvalue weighted by molar-refractivity contribution is -0.140. The fraction of sp³-hybridized carbons (Fsp3) is 0.394. The van der Waals surface area contributed by atoms with E-state index in [0.29, 0.717) is 17.1 Å². The quantitative estimate of drug-likeness (QED) is 0.311. The molecule has 1 aliphatic carbocycles. The molecule has 2 amide bonds. The molecule has 5 rings (SSSR count). The Morgan fingerprint density at radius 1 is 0.932 bits per heavy atom. The van der Waals surface area contributed by atoms with Crippen molar-refractivity contribution in [3.63, 3.8) is 0 Å². The number of carbonyl (C=O) groups is 2. The van der Waals surface area contributed by atoms with Crippen LogP contribution in [0.2, 0.25) is 0 Å². The number of amides is 2. The van der Waals surface area contributed by atoms with Crippen molar-refractivity contribution in [2.24, 2.45) is 0 Å². The van der Waals surface area contributed by atoms with Crippen LogP contribution in [-0.4, -0.2) is 56.3 Å². The summed E-state index contributed by atoms with van der Waals surface area (Å²) in [6, 6.07) is 18.9. The molecule has 0 saturated heterocycles. The van der Waals surface area contributed by atoms with Crippen LogP contribution in [0.3, 0.4) is 0 Å². The molecule has 0 bridgehead atoms. The van der Waals surface area contributed by atoms with Gasteiger partial charge in [0.25, 0.3) is 0 Å². The van der Waals surface area contributed by atoms with E-state index in [9.17, 15) is 22.4 Å². The molecule has 44 heavy (non-hydrogen) atoms. The van der Waals surface area contributed by atoms with Crippen LogP contribution < -0.4 is 19.1 Å². The summed E-state index contributed by atoms with van der Waals surface area (Å²) >= 11 is 0. The monoisotopic (exact) mass is 623 g/mol. The molecule has 0 radical (unpaired) electrons. The number of fused-ring (bicyclic) bond motifs is 1. The van der Waals surface area contributed by atoms with E-state index >= 15 is 0 Å². The average molecular weight is 624 g/mol. The van der Waals surface area contributed by atoms with Gasteiger partial charge >= 0.3 is 0 Å². The van der Waals surface area contributed by atoms with E-state index < -0.39 is 34.3 Å². The summed E-state index contributed by atoms with van der Waals surface area (Å²) < 4.78 is 52.4. The molecule has 1 atom stereocenters. The van der Waals surface area contributed by atoms with Crippen molar-refractivity contribution >= 4 is 27.5 Å². The minimum atomic E-state index is -3.93. The van der Waals surface area contributed by atoms with Gasteiger partial charge in [-0.05, 0) is 55.2 Å². The Hall–Kier alpha value is -4.12. The summed E-state index contributed by atoms with van der Waals surface area (Å²) in [6.45, 7) is 0.960. The molecule has 0 spiro atoms. The number of anilines is 1. The second-order valence-corrected chi connectivity index (χ2v) is 13.3. The Bertz CT molecular complexity index is 1550. The molecule has 1 fully saturated rings. The number of carbonyl (C=O) groups excluding carboxylic acids is 2. The first-order chi connectivity index (χ1) is 21.2. The second kappa shape index (κ2) is 14.1. The van der Waals surface area contributed by atoms with E-state index in [4.69, 9.17) is 9.47 Å². The van der Waals surface area contributed by atoms with Crippen LogP contribution in [0.15, 0.2) is 72.8 Å². The topological polar surface area (TPSA) is 105 Å². The molecular weight excluding hydrogens is 585 g/mol. The van der Waals surface area contributed by atoms with E-state index in [-0.39, 0.29) is 43.1 Å². The van der Waals surface area contributed by atoms with Gasteiger partial charge < -0.3 is 19.7 Å². The lowest BCUT2D eigenvalue weighted by Gasteiger charge is -2.35. The zero-order chi connectivity index (χ0) is 31.1. The standard InChI is InChI=1S/C33H38FN3O6S/c1-2-44(40,41)37(28-17-18-30-31(20-28)43-23-42-30)22-32(38)36(21-25-13-15-26(34)16-14-25)29(19-24-9-5-3-6-10-24)33(39)35-27-11-7-4-8-12-27/h3,5-6,9-10,13-18,20,27,29H,2,4,7-8,11-12,19,21-23H2,1H3,(H,35,39)/t29-/m1/s1. The van der Waals surface area contributed by atoms with Gasteiger partial charge in [0, 0.05) is 25.1 Å². The van der Waals surface area contributed by atoms with Crippen LogP contribution in [0.4, 0.5) is 10.1 Å². The Balaban J connectivity index is 1.51. The number of hydrogen-bond donors (Lipinski definition) is 1. The van der Waals surface area contributed by atoms with Crippen molar-refractivity contribution in [1.82, 2.24) is 10.2 Å². The summed E-state index contributed by atoms with van der Waals surface area (Å²) in [5, 5.41) is 3.17. The van der Waals surface area contributed by atoms with Crippen LogP contribution >= 0.6 is 0 Å². The van der Waals surface area contributed by atoms with Crippen LogP contribution in [-0.2, 0) is 32.6 Å². The number of nitrogens with one attached hydrogen (secondary N) is 1. The van der Waals surface area contributed by atoms with Crippen molar-refractivity contribution in [1.29, 1.82) is 0 Å². The smallest absolute Gasteiger partial charge is 0.244 e. The molecule has 3 aromatic carbocycles. The zero-order valence-electron chi connectivity index (χ0n) is 24.8. The molecule has 2 aliphatic rings. The first kappa shape index (κ1) is 31.3. The molecular formula is C33H38FN3O6S. The minimum Gasteiger partial charge on any atom is -0.454 e. The zero-order valence-corrected chi connectivity index (χ0v) is 25.6. The number of ether oxygens (including phenoxy) is 2. The number of halogens is 1. The van der Waals surface area contributed by atoms with Gasteiger partial charge in [-0.25, -0.2) is 12.8 Å². The number of benzene rings is 3. The van der Waals surface area contributed by atoms with E-state index in [0.717, 1.165) is 42.0 Å². The van der Waals surface area contributed by atoms with Gasteiger partial charge in [0.15, 0.2) is 11.5 Å². The molecule has 1 N–H and O–H groups in total. The first-order valence-electron chi connectivity index (χ1n) is 15.0. The third-order valence-corrected chi connectivity index (χ3v) is 9.85. The van der Waals surface area contributed by atoms with Crippen molar-refractivity contribution in [3.05, 3.63) is 89.7 Å². The van der Waals surface area contributed by atoms with E-state index in [1.807, 2.05) is 30.3 Å².